The van der Waals surface area contributed by atoms with Gasteiger partial charge in [-0.1, -0.05) is 17.8 Å². The topological polar surface area (TPSA) is 107 Å². The number of methoxy groups -OCH3 is 2. The molecule has 0 unspecified atom stereocenters. The van der Waals surface area contributed by atoms with Crippen molar-refractivity contribution < 1.29 is 23.5 Å². The van der Waals surface area contributed by atoms with Crippen LogP contribution in [0.1, 0.15) is 10.4 Å². The van der Waals surface area contributed by atoms with Crippen molar-refractivity contribution in [1.29, 1.82) is 0 Å². The predicted molar refractivity (Wildman–Crippen MR) is 126 cm³/mol. The number of nitrogens with zero attached hydrogens (tertiary/aromatic N) is 3. The number of thioether (sulfide) groups is 1. The van der Waals surface area contributed by atoms with Crippen molar-refractivity contribution in [2.45, 2.75) is 5.16 Å². The molecule has 0 radical (unpaired) electrons. The van der Waals surface area contributed by atoms with Crippen LogP contribution in [0.4, 0.5) is 15.8 Å². The maximum atomic E-state index is 13.4. The third kappa shape index (κ3) is 5.26. The molecule has 4 rings (SSSR count). The van der Waals surface area contributed by atoms with Gasteiger partial charge in [-0.3, -0.25) is 14.0 Å². The van der Waals surface area contributed by atoms with Crippen molar-refractivity contribution >= 4 is 40.6 Å². The molecule has 0 aliphatic heterocycles. The highest BCUT2D eigenvalue weighted by Gasteiger charge is 2.14. The van der Waals surface area contributed by atoms with E-state index >= 15 is 0 Å². The second kappa shape index (κ2) is 10.2. The van der Waals surface area contributed by atoms with Crippen LogP contribution in [0.3, 0.4) is 0 Å². The molecule has 2 heterocycles. The van der Waals surface area contributed by atoms with E-state index in [1.807, 2.05) is 0 Å². The number of benzene rings is 2. The summed E-state index contributed by atoms with van der Waals surface area (Å²) >= 11 is 1.16. The summed E-state index contributed by atoms with van der Waals surface area (Å²) in [4.78, 5) is 25.1. The Bertz CT molecular complexity index is 1360. The number of hydrogen-bond donors (Lipinski definition) is 2. The highest BCUT2D eigenvalue weighted by Crippen LogP contribution is 2.29. The van der Waals surface area contributed by atoms with Gasteiger partial charge in [0.1, 0.15) is 17.3 Å². The lowest BCUT2D eigenvalue weighted by Crippen LogP contribution is -2.15. The minimum absolute atomic E-state index is 0.0513. The van der Waals surface area contributed by atoms with E-state index in [4.69, 9.17) is 9.47 Å². The summed E-state index contributed by atoms with van der Waals surface area (Å²) in [6.07, 6.45) is 1.57. The standard InChI is InChI=1S/C23H20FN5O4S/c1-32-17-7-8-18(19(11-17)33-2)26-21(30)13-34-23-28-27-20-9-6-14(12-29(20)23)22(31)25-16-5-3-4-15(24)10-16/h3-12H,13H2,1-2H3,(H,25,31)(H,26,30). The van der Waals surface area contributed by atoms with Gasteiger partial charge in [0, 0.05) is 18.0 Å². The van der Waals surface area contributed by atoms with Crippen molar-refractivity contribution in [3.8, 4) is 11.5 Å². The van der Waals surface area contributed by atoms with Crippen LogP contribution in [0.15, 0.2) is 66.0 Å². The van der Waals surface area contributed by atoms with E-state index in [0.29, 0.717) is 39.2 Å². The minimum Gasteiger partial charge on any atom is -0.497 e. The number of carbonyl (C=O) groups excluding carboxylic acids is 2. The number of ether oxygens (including phenoxy) is 2. The monoisotopic (exact) mass is 481 g/mol. The first kappa shape index (κ1) is 23.1. The zero-order valence-corrected chi connectivity index (χ0v) is 19.1. The Kier molecular flexibility index (Phi) is 6.93. The lowest BCUT2D eigenvalue weighted by molar-refractivity contribution is -0.113. The van der Waals surface area contributed by atoms with E-state index in [9.17, 15) is 14.0 Å². The largest absolute Gasteiger partial charge is 0.497 e. The maximum Gasteiger partial charge on any atom is 0.257 e. The molecule has 11 heteroatoms. The van der Waals surface area contributed by atoms with E-state index in [2.05, 4.69) is 20.8 Å². The summed E-state index contributed by atoms with van der Waals surface area (Å²) in [7, 11) is 3.05. The van der Waals surface area contributed by atoms with Gasteiger partial charge in [-0.2, -0.15) is 0 Å². The van der Waals surface area contributed by atoms with Crippen molar-refractivity contribution in [1.82, 2.24) is 14.6 Å². The van der Waals surface area contributed by atoms with Crippen LogP contribution in [-0.2, 0) is 4.79 Å². The number of anilines is 2. The smallest absolute Gasteiger partial charge is 0.257 e. The molecule has 2 amide bonds. The maximum absolute atomic E-state index is 13.4. The molecular weight excluding hydrogens is 461 g/mol. The average molecular weight is 482 g/mol. The fourth-order valence-corrected chi connectivity index (χ4v) is 3.81. The van der Waals surface area contributed by atoms with Crippen molar-refractivity contribution in [3.05, 3.63) is 72.2 Å². The Morgan fingerprint density at radius 2 is 1.88 bits per heavy atom. The molecule has 0 bridgehead atoms. The predicted octanol–water partition coefficient (Wildman–Crippen LogP) is 3.87. The first-order valence-corrected chi connectivity index (χ1v) is 11.0. The summed E-state index contributed by atoms with van der Waals surface area (Å²) in [5.41, 5.74) is 1.69. The van der Waals surface area contributed by atoms with E-state index in [1.165, 1.54) is 25.3 Å². The van der Waals surface area contributed by atoms with Gasteiger partial charge in [0.05, 0.1) is 31.2 Å². The second-order valence-corrected chi connectivity index (χ2v) is 7.94. The molecule has 0 saturated heterocycles. The quantitative estimate of drug-likeness (QED) is 0.368. The van der Waals surface area contributed by atoms with Gasteiger partial charge in [-0.25, -0.2) is 4.39 Å². The van der Waals surface area contributed by atoms with E-state index in [-0.39, 0.29) is 11.7 Å². The number of halogens is 1. The molecule has 0 aliphatic rings. The Morgan fingerprint density at radius 3 is 2.65 bits per heavy atom. The van der Waals surface area contributed by atoms with Crippen LogP contribution in [0.25, 0.3) is 5.65 Å². The molecule has 0 fully saturated rings. The van der Waals surface area contributed by atoms with Gasteiger partial charge in [0.15, 0.2) is 10.8 Å². The van der Waals surface area contributed by atoms with Crippen molar-refractivity contribution in [2.75, 3.05) is 30.6 Å². The normalized spacial score (nSPS) is 10.7. The summed E-state index contributed by atoms with van der Waals surface area (Å²) < 4.78 is 25.5. The van der Waals surface area contributed by atoms with Gasteiger partial charge in [0.2, 0.25) is 5.91 Å². The lowest BCUT2D eigenvalue weighted by Gasteiger charge is -2.11. The number of amides is 2. The van der Waals surface area contributed by atoms with Crippen LogP contribution < -0.4 is 20.1 Å². The number of carbonyl (C=O) groups is 2. The molecule has 2 N–H and O–H groups in total. The van der Waals surface area contributed by atoms with E-state index < -0.39 is 11.7 Å². The molecule has 2 aromatic heterocycles. The first-order valence-electron chi connectivity index (χ1n) is 10.0. The second-order valence-electron chi connectivity index (χ2n) is 7.00. The Labute approximate surface area is 198 Å². The van der Waals surface area contributed by atoms with Crippen LogP contribution in [0.2, 0.25) is 0 Å². The third-order valence-corrected chi connectivity index (χ3v) is 5.67. The molecule has 0 spiro atoms. The van der Waals surface area contributed by atoms with Gasteiger partial charge >= 0.3 is 0 Å². The zero-order chi connectivity index (χ0) is 24.1. The van der Waals surface area contributed by atoms with Gasteiger partial charge in [-0.05, 0) is 42.5 Å². The van der Waals surface area contributed by atoms with Crippen LogP contribution >= 0.6 is 11.8 Å². The number of pyridine rings is 1. The van der Waals surface area contributed by atoms with Crippen molar-refractivity contribution in [2.24, 2.45) is 0 Å². The fourth-order valence-electron chi connectivity index (χ4n) is 3.09. The SMILES string of the molecule is COc1ccc(NC(=O)CSc2nnc3ccc(C(=O)Nc4cccc(F)c4)cn23)c(OC)c1. The van der Waals surface area contributed by atoms with Crippen molar-refractivity contribution in [3.63, 3.8) is 0 Å². The summed E-state index contributed by atoms with van der Waals surface area (Å²) in [5, 5.41) is 14.0. The molecule has 0 aliphatic carbocycles. The molecule has 34 heavy (non-hydrogen) atoms. The third-order valence-electron chi connectivity index (χ3n) is 4.73. The summed E-state index contributed by atoms with van der Waals surface area (Å²) in [6, 6.07) is 13.9. The average Bonchev–Trinajstić information content (AvgIpc) is 3.25. The molecule has 9 nitrogen and oxygen atoms in total. The molecule has 174 valence electrons. The van der Waals surface area contributed by atoms with Crippen LogP contribution in [0, 0.1) is 5.82 Å². The fraction of sp³-hybridized carbons (Fsp3) is 0.130. The van der Waals surface area contributed by atoms with E-state index in [1.54, 1.807) is 54.1 Å². The molecular formula is C23H20FN5O4S. The van der Waals surface area contributed by atoms with Gasteiger partial charge in [-0.15, -0.1) is 10.2 Å². The molecule has 2 aromatic carbocycles. The number of fused-ring (bicyclic) bond motifs is 1. The number of aromatic nitrogens is 3. The Morgan fingerprint density at radius 1 is 1.03 bits per heavy atom. The lowest BCUT2D eigenvalue weighted by atomic mass is 10.2. The minimum atomic E-state index is -0.448. The zero-order valence-electron chi connectivity index (χ0n) is 18.2. The molecule has 0 atom stereocenters. The molecule has 0 saturated carbocycles. The van der Waals surface area contributed by atoms with Crippen LogP contribution in [0.5, 0.6) is 11.5 Å². The highest BCUT2D eigenvalue weighted by molar-refractivity contribution is 7.99. The Hall–Kier alpha value is -4.12. The Balaban J connectivity index is 1.44. The number of rotatable bonds is 8. The van der Waals surface area contributed by atoms with Gasteiger partial charge < -0.3 is 20.1 Å². The molecule has 4 aromatic rings. The highest BCUT2D eigenvalue weighted by atomic mass is 32.2. The number of hydrogen-bond acceptors (Lipinski definition) is 7. The van der Waals surface area contributed by atoms with E-state index in [0.717, 1.165) is 11.8 Å². The van der Waals surface area contributed by atoms with Crippen LogP contribution in [-0.4, -0.2) is 46.4 Å². The number of nitrogens with one attached hydrogen (secondary N) is 2. The first-order chi connectivity index (χ1) is 16.5. The van der Waals surface area contributed by atoms with Gasteiger partial charge in [0.25, 0.3) is 5.91 Å². The summed E-state index contributed by atoms with van der Waals surface area (Å²) in [6.45, 7) is 0. The summed E-state index contributed by atoms with van der Waals surface area (Å²) in [5.74, 6) is -0.00523.